The minimum atomic E-state index is -1.87. The quantitative estimate of drug-likeness (QED) is 0.505. The predicted molar refractivity (Wildman–Crippen MR) is 138 cm³/mol. The molecule has 5 nitrogen and oxygen atoms in total. The molecule has 0 bridgehead atoms. The van der Waals surface area contributed by atoms with Crippen LogP contribution in [-0.4, -0.2) is 49.5 Å². The van der Waals surface area contributed by atoms with Gasteiger partial charge in [-0.05, 0) is 60.8 Å². The highest BCUT2D eigenvalue weighted by Gasteiger charge is 2.39. The van der Waals surface area contributed by atoms with Crippen LogP contribution in [0.1, 0.15) is 45.6 Å². The summed E-state index contributed by atoms with van der Waals surface area (Å²) in [5.74, 6) is 0.870. The van der Waals surface area contributed by atoms with Crippen LogP contribution in [0, 0.1) is 0 Å². The first-order valence-corrected chi connectivity index (χ1v) is 14.9. The molecule has 0 saturated carbocycles. The number of anilines is 1. The Labute approximate surface area is 200 Å². The zero-order valence-corrected chi connectivity index (χ0v) is 21.9. The minimum Gasteiger partial charge on any atom is -0.544 e. The van der Waals surface area contributed by atoms with Crippen molar-refractivity contribution in [3.8, 4) is 5.75 Å². The van der Waals surface area contributed by atoms with Crippen LogP contribution in [0.15, 0.2) is 54.6 Å². The van der Waals surface area contributed by atoms with Gasteiger partial charge in [-0.3, -0.25) is 4.79 Å². The second-order valence-electron chi connectivity index (χ2n) is 10.9. The maximum Gasteiger partial charge on any atom is 0.250 e. The first kappa shape index (κ1) is 25.5. The molecule has 1 amide bonds. The molecule has 2 N–H and O–H groups in total. The molecule has 6 heteroatoms. The molecule has 2 aromatic rings. The summed E-state index contributed by atoms with van der Waals surface area (Å²) >= 11 is 0. The summed E-state index contributed by atoms with van der Waals surface area (Å²) in [6.07, 6.45) is 2.61. The van der Waals surface area contributed by atoms with Crippen molar-refractivity contribution in [1.82, 2.24) is 4.90 Å². The molecule has 0 spiro atoms. The maximum absolute atomic E-state index is 12.5. The molecule has 0 atom stereocenters. The highest BCUT2D eigenvalue weighted by molar-refractivity contribution is 6.74. The zero-order chi connectivity index (χ0) is 24.1. The summed E-state index contributed by atoms with van der Waals surface area (Å²) in [5.41, 5.74) is 1.32. The fraction of sp³-hybridized carbons (Fsp3) is 0.519. The molecule has 1 aliphatic rings. The average molecular weight is 469 g/mol. The highest BCUT2D eigenvalue weighted by Crippen LogP contribution is 2.37. The molecule has 1 heterocycles. The molecule has 0 aliphatic carbocycles. The Morgan fingerprint density at radius 1 is 1.06 bits per heavy atom. The summed E-state index contributed by atoms with van der Waals surface area (Å²) in [7, 11) is -1.87. The van der Waals surface area contributed by atoms with E-state index in [0.29, 0.717) is 19.4 Å². The molecule has 2 aromatic carbocycles. The monoisotopic (exact) mass is 468 g/mol. The molecule has 33 heavy (non-hydrogen) atoms. The van der Waals surface area contributed by atoms with E-state index in [2.05, 4.69) is 56.2 Å². The molecular formula is C27H40N2O3Si. The molecule has 3 rings (SSSR count). The number of nitrogens with one attached hydrogen (secondary N) is 1. The normalized spacial score (nSPS) is 16.9. The van der Waals surface area contributed by atoms with Crippen molar-refractivity contribution in [2.24, 2.45) is 0 Å². The van der Waals surface area contributed by atoms with Gasteiger partial charge in [-0.1, -0.05) is 51.1 Å². The standard InChI is InChI=1S/C27H40N2O3Si/c1-26(2,3)33(4,5)32-24-13-11-23(12-14-24)28-25(30)15-18-29-19-16-27(31,17-20-29)21-22-9-7-6-8-10-22/h6-14,31H,15-21H2,1-5H3,(H,28,30). The number of likely N-dealkylation sites (tertiary alicyclic amines) is 1. The van der Waals surface area contributed by atoms with Gasteiger partial charge in [0.25, 0.3) is 0 Å². The van der Waals surface area contributed by atoms with Gasteiger partial charge < -0.3 is 19.7 Å². The van der Waals surface area contributed by atoms with Gasteiger partial charge in [0.05, 0.1) is 5.60 Å². The van der Waals surface area contributed by atoms with Crippen LogP contribution in [0.5, 0.6) is 5.75 Å². The third kappa shape index (κ3) is 7.42. The maximum atomic E-state index is 12.5. The second-order valence-corrected chi connectivity index (χ2v) is 15.6. The lowest BCUT2D eigenvalue weighted by Gasteiger charge is -2.38. The molecule has 0 unspecified atom stereocenters. The number of carbonyl (C=O) groups excluding carboxylic acids is 1. The summed E-state index contributed by atoms with van der Waals surface area (Å²) in [6.45, 7) is 13.5. The largest absolute Gasteiger partial charge is 0.544 e. The third-order valence-corrected chi connectivity index (χ3v) is 11.5. The molecule has 180 valence electrons. The van der Waals surface area contributed by atoms with Gasteiger partial charge in [-0.2, -0.15) is 0 Å². The van der Waals surface area contributed by atoms with E-state index in [1.807, 2.05) is 42.5 Å². The van der Waals surface area contributed by atoms with Crippen molar-refractivity contribution in [1.29, 1.82) is 0 Å². The van der Waals surface area contributed by atoms with Crippen LogP contribution in [0.4, 0.5) is 5.69 Å². The van der Waals surface area contributed by atoms with Crippen LogP contribution >= 0.6 is 0 Å². The molecule has 0 aromatic heterocycles. The van der Waals surface area contributed by atoms with Gasteiger partial charge in [0.15, 0.2) is 0 Å². The van der Waals surface area contributed by atoms with Crippen molar-refractivity contribution in [2.45, 2.75) is 70.2 Å². The average Bonchev–Trinajstić information content (AvgIpc) is 2.74. The van der Waals surface area contributed by atoms with Crippen molar-refractivity contribution >= 4 is 19.9 Å². The van der Waals surface area contributed by atoms with E-state index in [1.165, 1.54) is 5.56 Å². The smallest absolute Gasteiger partial charge is 0.250 e. The number of hydrogen-bond acceptors (Lipinski definition) is 4. The molecule has 1 saturated heterocycles. The van der Waals surface area contributed by atoms with Crippen molar-refractivity contribution in [2.75, 3.05) is 25.0 Å². The number of hydrogen-bond donors (Lipinski definition) is 2. The Hall–Kier alpha value is -2.15. The first-order chi connectivity index (χ1) is 15.5. The van der Waals surface area contributed by atoms with E-state index in [4.69, 9.17) is 4.43 Å². The lowest BCUT2D eigenvalue weighted by molar-refractivity contribution is -0.116. The second kappa shape index (κ2) is 10.4. The summed E-state index contributed by atoms with van der Waals surface area (Å²) < 4.78 is 6.31. The number of aliphatic hydroxyl groups is 1. The van der Waals surface area contributed by atoms with Gasteiger partial charge in [0.1, 0.15) is 5.75 Å². The van der Waals surface area contributed by atoms with Crippen LogP contribution in [0.3, 0.4) is 0 Å². The predicted octanol–water partition coefficient (Wildman–Crippen LogP) is 5.47. The van der Waals surface area contributed by atoms with E-state index in [1.54, 1.807) is 0 Å². The zero-order valence-electron chi connectivity index (χ0n) is 20.9. The van der Waals surface area contributed by atoms with Gasteiger partial charge in [-0.25, -0.2) is 0 Å². The number of benzene rings is 2. The molecular weight excluding hydrogens is 428 g/mol. The Bertz CT molecular complexity index is 899. The Morgan fingerprint density at radius 3 is 2.24 bits per heavy atom. The topological polar surface area (TPSA) is 61.8 Å². The fourth-order valence-corrected chi connectivity index (χ4v) is 4.91. The summed E-state index contributed by atoms with van der Waals surface area (Å²) in [4.78, 5) is 14.7. The van der Waals surface area contributed by atoms with E-state index in [9.17, 15) is 9.90 Å². The van der Waals surface area contributed by atoms with Crippen LogP contribution in [0.25, 0.3) is 0 Å². The van der Waals surface area contributed by atoms with Crippen LogP contribution in [0.2, 0.25) is 18.1 Å². The number of carbonyl (C=O) groups is 1. The lowest BCUT2D eigenvalue weighted by atomic mass is 9.85. The fourth-order valence-electron chi connectivity index (χ4n) is 3.88. The highest BCUT2D eigenvalue weighted by atomic mass is 28.4. The van der Waals surface area contributed by atoms with Crippen molar-refractivity contribution in [3.05, 3.63) is 60.2 Å². The molecule has 0 radical (unpaired) electrons. The number of rotatable bonds is 8. The van der Waals surface area contributed by atoms with E-state index in [0.717, 1.165) is 37.4 Å². The van der Waals surface area contributed by atoms with Crippen molar-refractivity contribution in [3.63, 3.8) is 0 Å². The van der Waals surface area contributed by atoms with Crippen molar-refractivity contribution < 1.29 is 14.3 Å². The SMILES string of the molecule is CC(C)(C)[Si](C)(C)Oc1ccc(NC(=O)CCN2CCC(O)(Cc3ccccc3)CC2)cc1. The Morgan fingerprint density at radius 2 is 1.67 bits per heavy atom. The summed E-state index contributed by atoms with van der Waals surface area (Å²) in [5, 5.41) is 14.1. The first-order valence-electron chi connectivity index (χ1n) is 12.0. The third-order valence-electron chi connectivity index (χ3n) is 7.14. The van der Waals surface area contributed by atoms with Gasteiger partial charge in [-0.15, -0.1) is 0 Å². The van der Waals surface area contributed by atoms with Crippen LogP contribution in [-0.2, 0) is 11.2 Å². The summed E-state index contributed by atoms with van der Waals surface area (Å²) in [6, 6.07) is 17.9. The molecule has 1 fully saturated rings. The van der Waals surface area contributed by atoms with E-state index in [-0.39, 0.29) is 10.9 Å². The van der Waals surface area contributed by atoms with Gasteiger partial charge in [0.2, 0.25) is 14.2 Å². The van der Waals surface area contributed by atoms with Gasteiger partial charge >= 0.3 is 0 Å². The number of amides is 1. The lowest BCUT2D eigenvalue weighted by Crippen LogP contribution is -2.46. The van der Waals surface area contributed by atoms with Gasteiger partial charge in [0, 0.05) is 38.2 Å². The van der Waals surface area contributed by atoms with E-state index < -0.39 is 13.9 Å². The molecule has 1 aliphatic heterocycles. The minimum absolute atomic E-state index is 0.0122. The van der Waals surface area contributed by atoms with E-state index >= 15 is 0 Å². The number of piperidine rings is 1. The Kier molecular flexibility index (Phi) is 8.03. The number of nitrogens with zero attached hydrogens (tertiary/aromatic N) is 1. The Balaban J connectivity index is 1.41. The van der Waals surface area contributed by atoms with Crippen LogP contribution < -0.4 is 9.74 Å².